The highest BCUT2D eigenvalue weighted by Gasteiger charge is 2.14. The zero-order valence-corrected chi connectivity index (χ0v) is 13.4. The third kappa shape index (κ3) is 2.76. The van der Waals surface area contributed by atoms with E-state index in [9.17, 15) is 14.0 Å². The zero-order chi connectivity index (χ0) is 17.4. The van der Waals surface area contributed by atoms with Gasteiger partial charge in [0.25, 0.3) is 0 Å². The molecule has 6 nitrogen and oxygen atoms in total. The van der Waals surface area contributed by atoms with Crippen molar-refractivity contribution in [3.05, 3.63) is 64.1 Å². The first-order valence-corrected chi connectivity index (χ1v) is 7.27. The summed E-state index contributed by atoms with van der Waals surface area (Å²) in [5, 5.41) is 8.09. The second kappa shape index (κ2) is 5.84. The van der Waals surface area contributed by atoms with Crippen molar-refractivity contribution in [2.45, 2.75) is 13.8 Å². The summed E-state index contributed by atoms with van der Waals surface area (Å²) in [6.07, 6.45) is 4.89. The maximum Gasteiger partial charge on any atom is 0.214 e. The molecule has 0 bridgehead atoms. The molecule has 2 aromatic heterocycles. The highest BCUT2D eigenvalue weighted by molar-refractivity contribution is 5.92. The number of aryl methyl sites for hydroxylation is 2. The minimum absolute atomic E-state index is 0.155. The number of aromatic nitrogens is 4. The van der Waals surface area contributed by atoms with Crippen molar-refractivity contribution in [3.63, 3.8) is 0 Å². The standard InChI is InChI=1S/C17H15FN4O2/c1-10-8-22(20-16(11(2)23)17(10)24)15-6-12(4-5-14(15)18)13-7-19-21(3)9-13/h4-9H,1-3H3. The molecular weight excluding hydrogens is 311 g/mol. The van der Waals surface area contributed by atoms with Gasteiger partial charge in [-0.15, -0.1) is 0 Å². The molecule has 3 rings (SSSR count). The van der Waals surface area contributed by atoms with E-state index in [1.165, 1.54) is 23.9 Å². The Hall–Kier alpha value is -3.09. The molecule has 0 saturated carbocycles. The van der Waals surface area contributed by atoms with Gasteiger partial charge in [0.2, 0.25) is 5.43 Å². The topological polar surface area (TPSA) is 69.8 Å². The molecule has 0 unspecified atom stereocenters. The van der Waals surface area contributed by atoms with E-state index < -0.39 is 17.0 Å². The normalized spacial score (nSPS) is 10.8. The smallest absolute Gasteiger partial charge is 0.214 e. The van der Waals surface area contributed by atoms with Crippen molar-refractivity contribution in [2.24, 2.45) is 7.05 Å². The van der Waals surface area contributed by atoms with Crippen molar-refractivity contribution in [1.29, 1.82) is 0 Å². The van der Waals surface area contributed by atoms with Crippen molar-refractivity contribution in [3.8, 4) is 16.8 Å². The first kappa shape index (κ1) is 15.8. The Bertz CT molecular complexity index is 1000. The van der Waals surface area contributed by atoms with E-state index in [0.29, 0.717) is 5.56 Å². The van der Waals surface area contributed by atoms with Gasteiger partial charge < -0.3 is 0 Å². The minimum atomic E-state index is -0.507. The Balaban J connectivity index is 2.19. The van der Waals surface area contributed by atoms with E-state index in [1.807, 2.05) is 6.20 Å². The number of nitrogens with zero attached hydrogens (tertiary/aromatic N) is 4. The summed E-state index contributed by atoms with van der Waals surface area (Å²) in [7, 11) is 1.79. The Morgan fingerprint density at radius 1 is 1.21 bits per heavy atom. The maximum absolute atomic E-state index is 14.3. The minimum Gasteiger partial charge on any atom is -0.293 e. The summed E-state index contributed by atoms with van der Waals surface area (Å²) in [4.78, 5) is 23.6. The van der Waals surface area contributed by atoms with Crippen LogP contribution in [0.1, 0.15) is 23.0 Å². The van der Waals surface area contributed by atoms with Crippen LogP contribution < -0.4 is 5.43 Å². The summed E-state index contributed by atoms with van der Waals surface area (Å²) in [5.74, 6) is -0.964. The summed E-state index contributed by atoms with van der Waals surface area (Å²) >= 11 is 0. The summed E-state index contributed by atoms with van der Waals surface area (Å²) in [5.41, 5.74) is 1.40. The summed E-state index contributed by atoms with van der Waals surface area (Å²) in [6, 6.07) is 4.56. The zero-order valence-electron chi connectivity index (χ0n) is 13.4. The van der Waals surface area contributed by atoms with Gasteiger partial charge in [0, 0.05) is 37.5 Å². The van der Waals surface area contributed by atoms with Gasteiger partial charge in [-0.25, -0.2) is 9.07 Å². The number of Topliss-reactive ketones (excluding diaryl/α,β-unsaturated/α-hetero) is 1. The molecule has 122 valence electrons. The quantitative estimate of drug-likeness (QED) is 0.693. The first-order chi connectivity index (χ1) is 11.4. The molecule has 7 heteroatoms. The number of halogens is 1. The van der Waals surface area contributed by atoms with Crippen LogP contribution in [0.5, 0.6) is 0 Å². The average molecular weight is 326 g/mol. The van der Waals surface area contributed by atoms with E-state index in [1.54, 1.807) is 37.0 Å². The molecule has 0 aliphatic carbocycles. The fraction of sp³-hybridized carbons (Fsp3) is 0.176. The number of carbonyl (C=O) groups excluding carboxylic acids is 1. The van der Waals surface area contributed by atoms with Gasteiger partial charge in [-0.2, -0.15) is 10.2 Å². The fourth-order valence-electron chi connectivity index (χ4n) is 2.40. The van der Waals surface area contributed by atoms with Crippen LogP contribution in [-0.2, 0) is 7.05 Å². The molecule has 0 saturated heterocycles. The summed E-state index contributed by atoms with van der Waals surface area (Å²) < 4.78 is 17.2. The monoisotopic (exact) mass is 326 g/mol. The third-order valence-electron chi connectivity index (χ3n) is 3.66. The van der Waals surface area contributed by atoms with Gasteiger partial charge in [-0.05, 0) is 24.6 Å². The van der Waals surface area contributed by atoms with Crippen molar-refractivity contribution < 1.29 is 9.18 Å². The predicted molar refractivity (Wildman–Crippen MR) is 86.7 cm³/mol. The van der Waals surface area contributed by atoms with Crippen LogP contribution in [0.25, 0.3) is 16.8 Å². The van der Waals surface area contributed by atoms with Crippen LogP contribution in [0.4, 0.5) is 4.39 Å². The van der Waals surface area contributed by atoms with Gasteiger partial charge in [0.15, 0.2) is 11.5 Å². The van der Waals surface area contributed by atoms with Gasteiger partial charge in [-0.1, -0.05) is 6.07 Å². The first-order valence-electron chi connectivity index (χ1n) is 7.27. The van der Waals surface area contributed by atoms with Crippen molar-refractivity contribution in [1.82, 2.24) is 19.6 Å². The van der Waals surface area contributed by atoms with E-state index in [-0.39, 0.29) is 11.4 Å². The molecule has 0 aliphatic heterocycles. The second-order valence-electron chi connectivity index (χ2n) is 5.56. The molecule has 0 amide bonds. The number of hydrogen-bond acceptors (Lipinski definition) is 4. The third-order valence-corrected chi connectivity index (χ3v) is 3.66. The van der Waals surface area contributed by atoms with Gasteiger partial charge >= 0.3 is 0 Å². The van der Waals surface area contributed by atoms with Crippen LogP contribution in [0.15, 0.2) is 41.6 Å². The Labute approximate surface area is 137 Å². The number of benzene rings is 1. The van der Waals surface area contributed by atoms with E-state index in [2.05, 4.69) is 10.2 Å². The molecule has 0 atom stereocenters. The lowest BCUT2D eigenvalue weighted by molar-refractivity contribution is 0.101. The van der Waals surface area contributed by atoms with Crippen LogP contribution in [-0.4, -0.2) is 25.3 Å². The molecule has 0 aliphatic rings. The lowest BCUT2D eigenvalue weighted by atomic mass is 10.1. The Morgan fingerprint density at radius 2 is 1.96 bits per heavy atom. The average Bonchev–Trinajstić information content (AvgIpc) is 2.96. The molecule has 24 heavy (non-hydrogen) atoms. The lowest BCUT2D eigenvalue weighted by Gasteiger charge is -2.10. The summed E-state index contributed by atoms with van der Waals surface area (Å²) in [6.45, 7) is 2.83. The van der Waals surface area contributed by atoms with Crippen LogP contribution >= 0.6 is 0 Å². The van der Waals surface area contributed by atoms with Crippen molar-refractivity contribution in [2.75, 3.05) is 0 Å². The van der Waals surface area contributed by atoms with E-state index >= 15 is 0 Å². The molecule has 0 N–H and O–H groups in total. The number of carbonyl (C=O) groups is 1. The fourth-order valence-corrected chi connectivity index (χ4v) is 2.40. The van der Waals surface area contributed by atoms with Gasteiger partial charge in [0.1, 0.15) is 11.5 Å². The SMILES string of the molecule is CC(=O)c1nn(-c2cc(-c3cnn(C)c3)ccc2F)cc(C)c1=O. The van der Waals surface area contributed by atoms with Crippen LogP contribution in [0.3, 0.4) is 0 Å². The van der Waals surface area contributed by atoms with E-state index in [4.69, 9.17) is 0 Å². The van der Waals surface area contributed by atoms with E-state index in [0.717, 1.165) is 11.1 Å². The number of ketones is 1. The van der Waals surface area contributed by atoms with Gasteiger partial charge in [-0.3, -0.25) is 14.3 Å². The predicted octanol–water partition coefficient (Wildman–Crippen LogP) is 2.28. The molecule has 1 aromatic carbocycles. The van der Waals surface area contributed by atoms with Crippen molar-refractivity contribution >= 4 is 5.78 Å². The molecule has 0 fully saturated rings. The van der Waals surface area contributed by atoms with Gasteiger partial charge in [0.05, 0.1) is 6.20 Å². The van der Waals surface area contributed by atoms with Crippen LogP contribution in [0.2, 0.25) is 0 Å². The molecular formula is C17H15FN4O2. The maximum atomic E-state index is 14.3. The molecule has 0 spiro atoms. The number of rotatable bonds is 3. The highest BCUT2D eigenvalue weighted by Crippen LogP contribution is 2.23. The molecule has 0 radical (unpaired) electrons. The largest absolute Gasteiger partial charge is 0.293 e. The lowest BCUT2D eigenvalue weighted by Crippen LogP contribution is -2.22. The second-order valence-corrected chi connectivity index (χ2v) is 5.56. The highest BCUT2D eigenvalue weighted by atomic mass is 19.1. The Morgan fingerprint density at radius 3 is 2.58 bits per heavy atom. The molecule has 2 heterocycles. The Kier molecular flexibility index (Phi) is 3.84. The number of hydrogen-bond donors (Lipinski definition) is 0. The molecule has 3 aromatic rings. The van der Waals surface area contributed by atoms with Crippen LogP contribution in [0, 0.1) is 12.7 Å².